The number of Topliss-reactive ketones (excluding diaryl/α,β-unsaturated/α-hetero) is 1. The maximum Gasteiger partial charge on any atom is 0.165 e. The van der Waals surface area contributed by atoms with Gasteiger partial charge in [0.05, 0.1) is 0 Å². The number of hydrogen-bond acceptors (Lipinski definition) is 1. The summed E-state index contributed by atoms with van der Waals surface area (Å²) >= 11 is 3.45. The van der Waals surface area contributed by atoms with Crippen LogP contribution in [0.15, 0.2) is 22.7 Å². The fourth-order valence-electron chi connectivity index (χ4n) is 2.44. The summed E-state index contributed by atoms with van der Waals surface area (Å²) in [5, 5.41) is 1.07. The van der Waals surface area contributed by atoms with Crippen LogP contribution < -0.4 is 0 Å². The van der Waals surface area contributed by atoms with E-state index in [2.05, 4.69) is 20.9 Å². The minimum absolute atomic E-state index is 0.293. The first-order valence-corrected chi connectivity index (χ1v) is 6.38. The molecular formula is C13H12BrNO. The maximum absolute atomic E-state index is 12.0. The molecule has 16 heavy (non-hydrogen) atoms. The smallest absolute Gasteiger partial charge is 0.165 e. The first kappa shape index (κ1) is 10.1. The van der Waals surface area contributed by atoms with Gasteiger partial charge in [0.1, 0.15) is 0 Å². The van der Waals surface area contributed by atoms with Crippen molar-refractivity contribution in [3.63, 3.8) is 0 Å². The van der Waals surface area contributed by atoms with E-state index in [0.29, 0.717) is 12.2 Å². The van der Waals surface area contributed by atoms with E-state index >= 15 is 0 Å². The predicted molar refractivity (Wildman–Crippen MR) is 67.9 cm³/mol. The molecular weight excluding hydrogens is 266 g/mol. The van der Waals surface area contributed by atoms with Crippen molar-refractivity contribution < 1.29 is 4.79 Å². The second-order valence-electron chi connectivity index (χ2n) is 4.30. The Morgan fingerprint density at radius 1 is 1.19 bits per heavy atom. The molecule has 0 fully saturated rings. The van der Waals surface area contributed by atoms with Crippen LogP contribution in [-0.4, -0.2) is 10.8 Å². The zero-order valence-corrected chi connectivity index (χ0v) is 10.4. The summed E-state index contributed by atoms with van der Waals surface area (Å²) in [6.45, 7) is 0. The average Bonchev–Trinajstić information content (AvgIpc) is 2.51. The van der Waals surface area contributed by atoms with E-state index < -0.39 is 0 Å². The van der Waals surface area contributed by atoms with Crippen LogP contribution in [0.25, 0.3) is 10.9 Å². The van der Waals surface area contributed by atoms with Crippen LogP contribution in [0.1, 0.15) is 35.3 Å². The largest absolute Gasteiger partial charge is 0.358 e. The van der Waals surface area contributed by atoms with Crippen molar-refractivity contribution >= 4 is 32.6 Å². The molecule has 2 aromatic rings. The van der Waals surface area contributed by atoms with Gasteiger partial charge in [0, 0.05) is 33.1 Å². The van der Waals surface area contributed by atoms with Crippen molar-refractivity contribution in [2.75, 3.05) is 0 Å². The Morgan fingerprint density at radius 2 is 2.00 bits per heavy atom. The second kappa shape index (κ2) is 3.74. The zero-order valence-electron chi connectivity index (χ0n) is 8.85. The van der Waals surface area contributed by atoms with Gasteiger partial charge >= 0.3 is 0 Å². The van der Waals surface area contributed by atoms with Crippen LogP contribution in [0.5, 0.6) is 0 Å². The second-order valence-corrected chi connectivity index (χ2v) is 5.21. The standard InChI is InChI=1S/C13H12BrNO/c14-8-5-6-9-11(7-8)15-10-3-1-2-4-12(16)13(9)10/h5-7,15H,1-4H2. The van der Waals surface area contributed by atoms with Crippen LogP contribution in [-0.2, 0) is 6.42 Å². The predicted octanol–water partition coefficient (Wildman–Crippen LogP) is 3.84. The summed E-state index contributed by atoms with van der Waals surface area (Å²) in [4.78, 5) is 15.4. The van der Waals surface area contributed by atoms with Gasteiger partial charge in [-0.3, -0.25) is 4.79 Å². The maximum atomic E-state index is 12.0. The van der Waals surface area contributed by atoms with Crippen molar-refractivity contribution in [2.45, 2.75) is 25.7 Å². The number of nitrogens with one attached hydrogen (secondary N) is 1. The lowest BCUT2D eigenvalue weighted by Crippen LogP contribution is -1.97. The Balaban J connectivity index is 2.30. The Bertz CT molecular complexity index is 571. The molecule has 0 aliphatic heterocycles. The summed E-state index contributed by atoms with van der Waals surface area (Å²) in [5.41, 5.74) is 3.12. The molecule has 0 unspecified atom stereocenters. The quantitative estimate of drug-likeness (QED) is 0.730. The van der Waals surface area contributed by atoms with Crippen LogP contribution in [0.2, 0.25) is 0 Å². The first-order valence-electron chi connectivity index (χ1n) is 5.59. The minimum atomic E-state index is 0.293. The number of carbonyl (C=O) groups is 1. The lowest BCUT2D eigenvalue weighted by molar-refractivity contribution is 0.0983. The normalized spacial score (nSPS) is 16.2. The summed E-state index contributed by atoms with van der Waals surface area (Å²) < 4.78 is 1.05. The van der Waals surface area contributed by atoms with Crippen molar-refractivity contribution in [3.05, 3.63) is 33.9 Å². The highest BCUT2D eigenvalue weighted by Crippen LogP contribution is 2.29. The molecule has 0 saturated carbocycles. The third kappa shape index (κ3) is 1.50. The first-order chi connectivity index (χ1) is 7.75. The summed E-state index contributed by atoms with van der Waals surface area (Å²) in [6, 6.07) is 6.06. The highest BCUT2D eigenvalue weighted by atomic mass is 79.9. The molecule has 1 aromatic carbocycles. The Hall–Kier alpha value is -1.09. The van der Waals surface area contributed by atoms with Crippen LogP contribution in [0.3, 0.4) is 0 Å². The van der Waals surface area contributed by atoms with E-state index in [1.165, 1.54) is 0 Å². The van der Waals surface area contributed by atoms with Crippen molar-refractivity contribution in [3.8, 4) is 0 Å². The number of benzene rings is 1. The number of H-pyrrole nitrogens is 1. The van der Waals surface area contributed by atoms with Gasteiger partial charge in [0.15, 0.2) is 5.78 Å². The van der Waals surface area contributed by atoms with Gasteiger partial charge in [-0.05, 0) is 31.4 Å². The molecule has 1 aliphatic rings. The van der Waals surface area contributed by atoms with Gasteiger partial charge in [0.25, 0.3) is 0 Å². The van der Waals surface area contributed by atoms with E-state index in [-0.39, 0.29) is 0 Å². The lowest BCUT2D eigenvalue weighted by atomic mass is 10.1. The number of aryl methyl sites for hydroxylation is 1. The Kier molecular flexibility index (Phi) is 2.36. The molecule has 1 aliphatic carbocycles. The molecule has 0 atom stereocenters. The number of carbonyl (C=O) groups excluding carboxylic acids is 1. The SMILES string of the molecule is O=C1CCCCc2[nH]c3cc(Br)ccc3c21. The molecule has 1 heterocycles. The third-order valence-electron chi connectivity index (χ3n) is 3.20. The van der Waals surface area contributed by atoms with Crippen molar-refractivity contribution in [1.29, 1.82) is 0 Å². The molecule has 82 valence electrons. The fourth-order valence-corrected chi connectivity index (χ4v) is 2.80. The summed E-state index contributed by atoms with van der Waals surface area (Å²) in [7, 11) is 0. The molecule has 0 saturated heterocycles. The van der Waals surface area contributed by atoms with Gasteiger partial charge < -0.3 is 4.98 Å². The van der Waals surface area contributed by atoms with E-state index in [1.807, 2.05) is 18.2 Å². The van der Waals surface area contributed by atoms with Crippen molar-refractivity contribution in [1.82, 2.24) is 4.98 Å². The lowest BCUT2D eigenvalue weighted by Gasteiger charge is -1.97. The highest BCUT2D eigenvalue weighted by molar-refractivity contribution is 9.10. The molecule has 0 radical (unpaired) electrons. The average molecular weight is 278 g/mol. The number of fused-ring (bicyclic) bond motifs is 3. The zero-order chi connectivity index (χ0) is 11.1. The van der Waals surface area contributed by atoms with Gasteiger partial charge in [0.2, 0.25) is 0 Å². The van der Waals surface area contributed by atoms with E-state index in [9.17, 15) is 4.79 Å². The van der Waals surface area contributed by atoms with Gasteiger partial charge in [-0.25, -0.2) is 0 Å². The molecule has 1 aromatic heterocycles. The van der Waals surface area contributed by atoms with E-state index in [1.54, 1.807) is 0 Å². The van der Waals surface area contributed by atoms with Crippen molar-refractivity contribution in [2.24, 2.45) is 0 Å². The molecule has 1 N–H and O–H groups in total. The minimum Gasteiger partial charge on any atom is -0.358 e. The van der Waals surface area contributed by atoms with Crippen LogP contribution in [0, 0.1) is 0 Å². The monoisotopic (exact) mass is 277 g/mol. The van der Waals surface area contributed by atoms with Gasteiger partial charge in [-0.2, -0.15) is 0 Å². The summed E-state index contributed by atoms with van der Waals surface area (Å²) in [5.74, 6) is 0.293. The molecule has 3 rings (SSSR count). The number of ketones is 1. The number of halogens is 1. The van der Waals surface area contributed by atoms with E-state index in [0.717, 1.165) is 45.9 Å². The van der Waals surface area contributed by atoms with Crippen LogP contribution in [0.4, 0.5) is 0 Å². The molecule has 0 amide bonds. The van der Waals surface area contributed by atoms with Gasteiger partial charge in [-0.1, -0.05) is 22.0 Å². The highest BCUT2D eigenvalue weighted by Gasteiger charge is 2.20. The molecule has 2 nitrogen and oxygen atoms in total. The number of rotatable bonds is 0. The fraction of sp³-hybridized carbons (Fsp3) is 0.308. The topological polar surface area (TPSA) is 32.9 Å². The van der Waals surface area contributed by atoms with Crippen LogP contribution >= 0.6 is 15.9 Å². The molecule has 0 bridgehead atoms. The summed E-state index contributed by atoms with van der Waals surface area (Å²) in [6.07, 6.45) is 3.80. The molecule has 0 spiro atoms. The van der Waals surface area contributed by atoms with E-state index in [4.69, 9.17) is 0 Å². The third-order valence-corrected chi connectivity index (χ3v) is 3.69. The number of aromatic amines is 1. The molecule has 3 heteroatoms. The number of aromatic nitrogens is 1. The van der Waals surface area contributed by atoms with Gasteiger partial charge in [-0.15, -0.1) is 0 Å². The Morgan fingerprint density at radius 3 is 2.88 bits per heavy atom. The number of hydrogen-bond donors (Lipinski definition) is 1. The Labute approximate surface area is 102 Å².